The Morgan fingerprint density at radius 2 is 1.56 bits per heavy atom. The number of allylic oxidation sites excluding steroid dienone is 2. The molecule has 3 rings (SSSR count). The Labute approximate surface area is 155 Å². The van der Waals surface area contributed by atoms with E-state index in [1.165, 1.54) is 18.4 Å². The zero-order chi connectivity index (χ0) is 17.5. The molecule has 1 nitrogen and oxygen atoms in total. The maximum atomic E-state index is 12.7. The van der Waals surface area contributed by atoms with Gasteiger partial charge in [-0.2, -0.15) is 0 Å². The fourth-order valence-electron chi connectivity index (χ4n) is 3.64. The van der Waals surface area contributed by atoms with E-state index in [0.29, 0.717) is 5.92 Å². The predicted octanol–water partition coefficient (Wildman–Crippen LogP) is 6.58. The minimum atomic E-state index is 0.107. The van der Waals surface area contributed by atoms with Gasteiger partial charge < -0.3 is 0 Å². The number of halogens is 1. The molecule has 2 heteroatoms. The average Bonchev–Trinajstić information content (AvgIpc) is 2.84. The fraction of sp³-hybridized carbons (Fsp3) is 0.348. The third-order valence-electron chi connectivity index (χ3n) is 5.13. The van der Waals surface area contributed by atoms with Crippen LogP contribution in [0.3, 0.4) is 0 Å². The number of benzene rings is 2. The summed E-state index contributed by atoms with van der Waals surface area (Å²) in [4.78, 5) is 12.7. The molecule has 0 N–H and O–H groups in total. The molecule has 1 unspecified atom stereocenters. The van der Waals surface area contributed by atoms with Gasteiger partial charge in [-0.25, -0.2) is 0 Å². The number of aryl methyl sites for hydroxylation is 1. The highest BCUT2D eigenvalue weighted by molar-refractivity contribution is 6.32. The molecule has 0 bridgehead atoms. The summed E-state index contributed by atoms with van der Waals surface area (Å²) in [5, 5.41) is 0.777. The van der Waals surface area contributed by atoms with E-state index in [9.17, 15) is 4.79 Å². The van der Waals surface area contributed by atoms with E-state index in [0.717, 1.165) is 48.3 Å². The number of rotatable bonds is 6. The number of ketones is 1. The molecule has 0 amide bonds. The summed E-state index contributed by atoms with van der Waals surface area (Å²) >= 11 is 6.49. The summed E-state index contributed by atoms with van der Waals surface area (Å²) in [5.41, 5.74) is 2.99. The van der Waals surface area contributed by atoms with Crippen LogP contribution in [0.5, 0.6) is 0 Å². The SMILES string of the molecule is O=C(C1=C(Cl)CCC(CCCc2ccccc2)CC1)c1ccccc1. The van der Waals surface area contributed by atoms with Crippen molar-refractivity contribution >= 4 is 17.4 Å². The number of hydrogen-bond donors (Lipinski definition) is 0. The highest BCUT2D eigenvalue weighted by Crippen LogP contribution is 2.34. The van der Waals surface area contributed by atoms with E-state index in [-0.39, 0.29) is 5.78 Å². The summed E-state index contributed by atoms with van der Waals surface area (Å²) in [7, 11) is 0. The standard InChI is InChI=1S/C23H25ClO/c24-22-17-15-19(11-7-10-18-8-3-1-4-9-18)14-16-21(22)23(25)20-12-5-2-6-13-20/h1-6,8-9,12-13,19H,7,10-11,14-17H2. The molecule has 0 spiro atoms. The second kappa shape index (κ2) is 9.01. The lowest BCUT2D eigenvalue weighted by Gasteiger charge is -2.14. The number of Topliss-reactive ketones (excluding diaryl/α,β-unsaturated/α-hetero) is 1. The molecule has 2 aromatic carbocycles. The molecule has 25 heavy (non-hydrogen) atoms. The highest BCUT2D eigenvalue weighted by atomic mass is 35.5. The Hall–Kier alpha value is -1.86. The lowest BCUT2D eigenvalue weighted by Crippen LogP contribution is -2.05. The van der Waals surface area contributed by atoms with E-state index in [2.05, 4.69) is 30.3 Å². The van der Waals surface area contributed by atoms with Gasteiger partial charge in [0.2, 0.25) is 0 Å². The van der Waals surface area contributed by atoms with E-state index >= 15 is 0 Å². The Bertz CT molecular complexity index is 718. The molecule has 2 aromatic rings. The topological polar surface area (TPSA) is 17.1 Å². The lowest BCUT2D eigenvalue weighted by atomic mass is 9.91. The third-order valence-corrected chi connectivity index (χ3v) is 5.55. The van der Waals surface area contributed by atoms with Gasteiger partial charge in [0.05, 0.1) is 0 Å². The van der Waals surface area contributed by atoms with Gasteiger partial charge in [-0.05, 0) is 50.0 Å². The highest BCUT2D eigenvalue weighted by Gasteiger charge is 2.22. The first-order valence-electron chi connectivity index (χ1n) is 9.25. The quantitative estimate of drug-likeness (QED) is 0.537. The van der Waals surface area contributed by atoms with Crippen molar-refractivity contribution in [3.63, 3.8) is 0 Å². The summed E-state index contributed by atoms with van der Waals surface area (Å²) in [5.74, 6) is 0.772. The van der Waals surface area contributed by atoms with E-state index in [1.807, 2.05) is 30.3 Å². The maximum Gasteiger partial charge on any atom is 0.190 e. The van der Waals surface area contributed by atoms with E-state index in [1.54, 1.807) is 0 Å². The van der Waals surface area contributed by atoms with Gasteiger partial charge in [-0.15, -0.1) is 0 Å². The first kappa shape index (κ1) is 17.9. The molecule has 0 aliphatic heterocycles. The van der Waals surface area contributed by atoms with Gasteiger partial charge in [-0.1, -0.05) is 78.7 Å². The van der Waals surface area contributed by atoms with Crippen LogP contribution in [0.15, 0.2) is 71.3 Å². The molecule has 0 aromatic heterocycles. The zero-order valence-corrected chi connectivity index (χ0v) is 15.3. The van der Waals surface area contributed by atoms with Gasteiger partial charge in [0.1, 0.15) is 0 Å². The van der Waals surface area contributed by atoms with Gasteiger partial charge in [0.25, 0.3) is 0 Å². The average molecular weight is 353 g/mol. The lowest BCUT2D eigenvalue weighted by molar-refractivity contribution is 0.102. The number of carbonyl (C=O) groups is 1. The Morgan fingerprint density at radius 3 is 2.28 bits per heavy atom. The first-order valence-corrected chi connectivity index (χ1v) is 9.63. The van der Waals surface area contributed by atoms with Gasteiger partial charge in [0, 0.05) is 16.2 Å². The van der Waals surface area contributed by atoms with Crippen molar-refractivity contribution < 1.29 is 4.79 Å². The monoisotopic (exact) mass is 352 g/mol. The minimum absolute atomic E-state index is 0.107. The Balaban J connectivity index is 1.54. The molecule has 0 heterocycles. The van der Waals surface area contributed by atoms with Crippen LogP contribution in [0, 0.1) is 5.92 Å². The predicted molar refractivity (Wildman–Crippen MR) is 105 cm³/mol. The number of hydrogen-bond acceptors (Lipinski definition) is 1. The van der Waals surface area contributed by atoms with E-state index < -0.39 is 0 Å². The van der Waals surface area contributed by atoms with Crippen molar-refractivity contribution in [3.8, 4) is 0 Å². The molecule has 1 aliphatic carbocycles. The molecular weight excluding hydrogens is 328 g/mol. The van der Waals surface area contributed by atoms with Crippen molar-refractivity contribution in [1.82, 2.24) is 0 Å². The second-order valence-corrected chi connectivity index (χ2v) is 7.36. The fourth-order valence-corrected chi connectivity index (χ4v) is 3.93. The normalized spacial score (nSPS) is 18.0. The van der Waals surface area contributed by atoms with E-state index in [4.69, 9.17) is 11.6 Å². The molecule has 130 valence electrons. The van der Waals surface area contributed by atoms with Crippen LogP contribution in [-0.4, -0.2) is 5.78 Å². The summed E-state index contributed by atoms with van der Waals surface area (Å²) in [6.07, 6.45) is 7.36. The van der Waals surface area contributed by atoms with Crippen molar-refractivity contribution in [2.75, 3.05) is 0 Å². The van der Waals surface area contributed by atoms with Crippen molar-refractivity contribution in [2.24, 2.45) is 5.92 Å². The van der Waals surface area contributed by atoms with Crippen LogP contribution in [0.4, 0.5) is 0 Å². The maximum absolute atomic E-state index is 12.7. The van der Waals surface area contributed by atoms with Crippen LogP contribution in [-0.2, 0) is 6.42 Å². The number of carbonyl (C=O) groups excluding carboxylic acids is 1. The molecule has 1 aliphatic rings. The summed E-state index contributed by atoms with van der Waals surface area (Å²) < 4.78 is 0. The molecule has 0 radical (unpaired) electrons. The molecule has 1 atom stereocenters. The minimum Gasteiger partial charge on any atom is -0.289 e. The molecule has 0 fully saturated rings. The summed E-state index contributed by atoms with van der Waals surface area (Å²) in [6.45, 7) is 0. The zero-order valence-electron chi connectivity index (χ0n) is 14.6. The van der Waals surface area contributed by atoms with Crippen molar-refractivity contribution in [1.29, 1.82) is 0 Å². The van der Waals surface area contributed by atoms with Crippen molar-refractivity contribution in [2.45, 2.75) is 44.9 Å². The van der Waals surface area contributed by atoms with Crippen LogP contribution in [0.1, 0.15) is 54.4 Å². The smallest absolute Gasteiger partial charge is 0.190 e. The van der Waals surface area contributed by atoms with Gasteiger partial charge >= 0.3 is 0 Å². The van der Waals surface area contributed by atoms with Gasteiger partial charge in [-0.3, -0.25) is 4.79 Å². The van der Waals surface area contributed by atoms with Gasteiger partial charge in [0.15, 0.2) is 5.78 Å². The Kier molecular flexibility index (Phi) is 6.47. The van der Waals surface area contributed by atoms with Crippen LogP contribution in [0.2, 0.25) is 0 Å². The molecular formula is C23H25ClO. The summed E-state index contributed by atoms with van der Waals surface area (Å²) in [6, 6.07) is 20.2. The van der Waals surface area contributed by atoms with Crippen LogP contribution in [0.25, 0.3) is 0 Å². The van der Waals surface area contributed by atoms with Crippen LogP contribution >= 0.6 is 11.6 Å². The van der Waals surface area contributed by atoms with Crippen molar-refractivity contribution in [3.05, 3.63) is 82.4 Å². The third kappa shape index (κ3) is 5.06. The molecule has 0 saturated heterocycles. The first-order chi connectivity index (χ1) is 12.2. The van der Waals surface area contributed by atoms with Crippen LogP contribution < -0.4 is 0 Å². The second-order valence-electron chi connectivity index (χ2n) is 6.90. The molecule has 0 saturated carbocycles. The Morgan fingerprint density at radius 1 is 0.920 bits per heavy atom. The largest absolute Gasteiger partial charge is 0.289 e.